The van der Waals surface area contributed by atoms with Crippen LogP contribution in [0, 0.1) is 11.8 Å². The fourth-order valence-electron chi connectivity index (χ4n) is 1.30. The summed E-state index contributed by atoms with van der Waals surface area (Å²) in [6, 6.07) is -0.729. The van der Waals surface area contributed by atoms with Crippen molar-refractivity contribution in [3.8, 4) is 0 Å². The molecule has 4 nitrogen and oxygen atoms in total. The van der Waals surface area contributed by atoms with Gasteiger partial charge in [-0.15, -0.1) is 0 Å². The van der Waals surface area contributed by atoms with E-state index in [2.05, 4.69) is 5.32 Å². The maximum absolute atomic E-state index is 11.4. The molecule has 1 rings (SSSR count). The number of aliphatic carboxylic acids is 1. The zero-order valence-electron chi connectivity index (χ0n) is 8.62. The highest BCUT2D eigenvalue weighted by atomic mass is 16.4. The molecule has 0 heterocycles. The summed E-state index contributed by atoms with van der Waals surface area (Å²) < 4.78 is 0. The predicted molar refractivity (Wildman–Crippen MR) is 51.7 cm³/mol. The van der Waals surface area contributed by atoms with Gasteiger partial charge in [0.2, 0.25) is 5.91 Å². The lowest BCUT2D eigenvalue weighted by atomic mass is 9.99. The van der Waals surface area contributed by atoms with Crippen molar-refractivity contribution in [3.05, 3.63) is 0 Å². The number of carbonyl (C=O) groups is 2. The minimum absolute atomic E-state index is 0.0183. The third-order valence-corrected chi connectivity index (χ3v) is 2.72. The van der Waals surface area contributed by atoms with Crippen LogP contribution in [-0.2, 0) is 9.59 Å². The molecule has 0 bridgehead atoms. The largest absolute Gasteiger partial charge is 0.480 e. The molecule has 0 aromatic heterocycles. The first kappa shape index (κ1) is 11.0. The van der Waals surface area contributed by atoms with Crippen molar-refractivity contribution in [2.24, 2.45) is 11.8 Å². The molecule has 1 fully saturated rings. The van der Waals surface area contributed by atoms with Crippen molar-refractivity contribution in [1.82, 2.24) is 5.32 Å². The van der Waals surface area contributed by atoms with Crippen LogP contribution in [0.2, 0.25) is 0 Å². The molecule has 0 aliphatic heterocycles. The van der Waals surface area contributed by atoms with Gasteiger partial charge in [0.25, 0.3) is 0 Å². The van der Waals surface area contributed by atoms with Crippen LogP contribution in [0.4, 0.5) is 0 Å². The molecule has 2 atom stereocenters. The Kier molecular flexibility index (Phi) is 3.49. The average Bonchev–Trinajstić information content (AvgIpc) is 2.95. The predicted octanol–water partition coefficient (Wildman–Crippen LogP) is 1.01. The Hall–Kier alpha value is -1.06. The lowest BCUT2D eigenvalue weighted by Crippen LogP contribution is -2.45. The quantitative estimate of drug-likeness (QED) is 0.694. The van der Waals surface area contributed by atoms with E-state index in [4.69, 9.17) is 5.11 Å². The summed E-state index contributed by atoms with van der Waals surface area (Å²) in [6.45, 7) is 3.76. The van der Waals surface area contributed by atoms with Gasteiger partial charge in [-0.3, -0.25) is 4.79 Å². The lowest BCUT2D eigenvalue weighted by molar-refractivity contribution is -0.143. The third-order valence-electron chi connectivity index (χ3n) is 2.72. The summed E-state index contributed by atoms with van der Waals surface area (Å²) in [4.78, 5) is 22.2. The van der Waals surface area contributed by atoms with Crippen molar-refractivity contribution in [3.63, 3.8) is 0 Å². The van der Waals surface area contributed by atoms with Crippen LogP contribution in [0.15, 0.2) is 0 Å². The second-order valence-corrected chi connectivity index (χ2v) is 3.98. The molecule has 0 spiro atoms. The molecule has 80 valence electrons. The summed E-state index contributed by atoms with van der Waals surface area (Å²) in [6.07, 6.45) is 2.55. The van der Waals surface area contributed by atoms with Gasteiger partial charge in [0.15, 0.2) is 0 Å². The molecule has 1 aliphatic carbocycles. The van der Waals surface area contributed by atoms with Crippen molar-refractivity contribution >= 4 is 11.9 Å². The standard InChI is InChI=1S/C10H17NO3/c1-3-6(2)8(10(13)14)11-9(12)7-4-5-7/h6-8H,3-5H2,1-2H3,(H,11,12)(H,13,14). The Bertz CT molecular complexity index is 236. The van der Waals surface area contributed by atoms with E-state index in [1.165, 1.54) is 0 Å². The maximum Gasteiger partial charge on any atom is 0.326 e. The summed E-state index contributed by atoms with van der Waals surface area (Å²) in [5.74, 6) is -0.984. The zero-order chi connectivity index (χ0) is 10.7. The second-order valence-electron chi connectivity index (χ2n) is 3.98. The van der Waals surface area contributed by atoms with Gasteiger partial charge in [0.05, 0.1) is 0 Å². The fraction of sp³-hybridized carbons (Fsp3) is 0.800. The number of carbonyl (C=O) groups excluding carboxylic acids is 1. The van der Waals surface area contributed by atoms with Crippen LogP contribution in [0.5, 0.6) is 0 Å². The average molecular weight is 199 g/mol. The molecule has 0 saturated heterocycles. The number of hydrogen-bond donors (Lipinski definition) is 2. The van der Waals surface area contributed by atoms with Gasteiger partial charge < -0.3 is 10.4 Å². The first-order valence-electron chi connectivity index (χ1n) is 5.09. The smallest absolute Gasteiger partial charge is 0.326 e. The molecule has 14 heavy (non-hydrogen) atoms. The van der Waals surface area contributed by atoms with Crippen molar-refractivity contribution in [1.29, 1.82) is 0 Å². The highest BCUT2D eigenvalue weighted by Crippen LogP contribution is 2.29. The normalized spacial score (nSPS) is 19.9. The topological polar surface area (TPSA) is 66.4 Å². The Morgan fingerprint density at radius 2 is 2.07 bits per heavy atom. The lowest BCUT2D eigenvalue weighted by Gasteiger charge is -2.19. The van der Waals surface area contributed by atoms with E-state index < -0.39 is 12.0 Å². The Labute approximate surface area is 83.7 Å². The Morgan fingerprint density at radius 1 is 1.50 bits per heavy atom. The maximum atomic E-state index is 11.4. The summed E-state index contributed by atoms with van der Waals surface area (Å²) in [7, 11) is 0. The minimum Gasteiger partial charge on any atom is -0.480 e. The second kappa shape index (κ2) is 4.44. The van der Waals surface area contributed by atoms with Gasteiger partial charge >= 0.3 is 5.97 Å². The van der Waals surface area contributed by atoms with E-state index in [9.17, 15) is 9.59 Å². The van der Waals surface area contributed by atoms with Gasteiger partial charge in [0, 0.05) is 5.92 Å². The molecule has 0 aromatic rings. The van der Waals surface area contributed by atoms with Crippen LogP contribution in [-0.4, -0.2) is 23.0 Å². The molecule has 0 radical (unpaired) electrons. The summed E-state index contributed by atoms with van der Waals surface area (Å²) in [5, 5.41) is 11.5. The van der Waals surface area contributed by atoms with Gasteiger partial charge in [0.1, 0.15) is 6.04 Å². The molecular weight excluding hydrogens is 182 g/mol. The van der Waals surface area contributed by atoms with E-state index >= 15 is 0 Å². The molecule has 2 unspecified atom stereocenters. The van der Waals surface area contributed by atoms with Crippen molar-refractivity contribution in [2.75, 3.05) is 0 Å². The molecule has 1 aliphatic rings. The monoisotopic (exact) mass is 199 g/mol. The van der Waals surface area contributed by atoms with E-state index in [0.717, 1.165) is 19.3 Å². The Balaban J connectivity index is 2.49. The SMILES string of the molecule is CCC(C)C(NC(=O)C1CC1)C(=O)O. The number of carboxylic acids is 1. The van der Waals surface area contributed by atoms with E-state index in [1.807, 2.05) is 13.8 Å². The highest BCUT2D eigenvalue weighted by Gasteiger charge is 2.33. The number of rotatable bonds is 5. The van der Waals surface area contributed by atoms with Crippen LogP contribution < -0.4 is 5.32 Å². The number of nitrogens with one attached hydrogen (secondary N) is 1. The van der Waals surface area contributed by atoms with Crippen molar-refractivity contribution < 1.29 is 14.7 Å². The van der Waals surface area contributed by atoms with E-state index in [1.54, 1.807) is 0 Å². The van der Waals surface area contributed by atoms with Gasteiger partial charge in [-0.05, 0) is 18.8 Å². The molecule has 1 saturated carbocycles. The van der Waals surface area contributed by atoms with Gasteiger partial charge in [-0.1, -0.05) is 20.3 Å². The van der Waals surface area contributed by atoms with Crippen molar-refractivity contribution in [2.45, 2.75) is 39.2 Å². The van der Waals surface area contributed by atoms with E-state index in [-0.39, 0.29) is 17.7 Å². The molecular formula is C10H17NO3. The number of carboxylic acid groups (broad SMARTS) is 1. The summed E-state index contributed by atoms with van der Waals surface area (Å²) in [5.41, 5.74) is 0. The number of amides is 1. The van der Waals surface area contributed by atoms with Crippen LogP contribution in [0.1, 0.15) is 33.1 Å². The highest BCUT2D eigenvalue weighted by molar-refractivity contribution is 5.86. The fourth-order valence-corrected chi connectivity index (χ4v) is 1.30. The van der Waals surface area contributed by atoms with Crippen LogP contribution in [0.25, 0.3) is 0 Å². The van der Waals surface area contributed by atoms with Crippen LogP contribution >= 0.6 is 0 Å². The van der Waals surface area contributed by atoms with Gasteiger partial charge in [-0.2, -0.15) is 0 Å². The Morgan fingerprint density at radius 3 is 2.43 bits per heavy atom. The minimum atomic E-state index is -0.937. The third kappa shape index (κ3) is 2.72. The zero-order valence-corrected chi connectivity index (χ0v) is 8.62. The molecule has 1 amide bonds. The molecule has 2 N–H and O–H groups in total. The van der Waals surface area contributed by atoms with Crippen LogP contribution in [0.3, 0.4) is 0 Å². The number of hydrogen-bond acceptors (Lipinski definition) is 2. The van der Waals surface area contributed by atoms with Gasteiger partial charge in [-0.25, -0.2) is 4.79 Å². The van der Waals surface area contributed by atoms with E-state index in [0.29, 0.717) is 0 Å². The first-order chi connectivity index (χ1) is 6.56. The molecule has 0 aromatic carbocycles. The molecule has 4 heteroatoms. The summed E-state index contributed by atoms with van der Waals surface area (Å²) >= 11 is 0. The first-order valence-corrected chi connectivity index (χ1v) is 5.09.